The van der Waals surface area contributed by atoms with E-state index in [1.165, 1.54) is 6.33 Å². The zero-order valence-electron chi connectivity index (χ0n) is 14.0. The van der Waals surface area contributed by atoms with Gasteiger partial charge < -0.3 is 15.0 Å². The molecular formula is C17H21N5OS. The summed E-state index contributed by atoms with van der Waals surface area (Å²) in [5, 5.41) is 3.74. The Morgan fingerprint density at radius 1 is 1.25 bits per heavy atom. The first-order chi connectivity index (χ1) is 11.6. The van der Waals surface area contributed by atoms with Gasteiger partial charge in [-0.2, -0.15) is 0 Å². The summed E-state index contributed by atoms with van der Waals surface area (Å²) >= 11 is 1.59. The molecule has 3 aromatic rings. The number of rotatable bonds is 3. The minimum atomic E-state index is -0.0459. The predicted octanol–water partition coefficient (Wildman–Crippen LogP) is 3.72. The molecule has 4 unspecified atom stereocenters. The van der Waals surface area contributed by atoms with Gasteiger partial charge in [0.05, 0.1) is 11.5 Å². The third-order valence-electron chi connectivity index (χ3n) is 5.16. The SMILES string of the molecule is CCC1OC(n2cc(-c3nccs3)c3c(N)ncnc32)C(C)C1C. The van der Waals surface area contributed by atoms with E-state index in [0.717, 1.165) is 28.0 Å². The summed E-state index contributed by atoms with van der Waals surface area (Å²) in [5.74, 6) is 1.38. The van der Waals surface area contributed by atoms with Crippen molar-refractivity contribution in [3.63, 3.8) is 0 Å². The van der Waals surface area contributed by atoms with Gasteiger partial charge in [-0.25, -0.2) is 15.0 Å². The fourth-order valence-electron chi connectivity index (χ4n) is 3.63. The molecule has 0 aliphatic carbocycles. The van der Waals surface area contributed by atoms with Gasteiger partial charge in [-0.05, 0) is 12.3 Å². The molecule has 3 aromatic heterocycles. The van der Waals surface area contributed by atoms with Crippen LogP contribution in [0.3, 0.4) is 0 Å². The largest absolute Gasteiger partial charge is 0.383 e. The van der Waals surface area contributed by atoms with Crippen molar-refractivity contribution in [2.45, 2.75) is 39.5 Å². The molecule has 24 heavy (non-hydrogen) atoms. The van der Waals surface area contributed by atoms with Crippen molar-refractivity contribution >= 4 is 28.2 Å². The van der Waals surface area contributed by atoms with Crippen LogP contribution in [0.15, 0.2) is 24.1 Å². The van der Waals surface area contributed by atoms with E-state index in [9.17, 15) is 0 Å². The van der Waals surface area contributed by atoms with Crippen LogP contribution < -0.4 is 5.73 Å². The van der Waals surface area contributed by atoms with Crippen LogP contribution in [0.25, 0.3) is 21.6 Å². The molecule has 2 N–H and O–H groups in total. The summed E-state index contributed by atoms with van der Waals surface area (Å²) in [6.07, 6.45) is 6.62. The second kappa shape index (κ2) is 5.82. The third kappa shape index (κ3) is 2.22. The number of aromatic nitrogens is 4. The second-order valence-electron chi connectivity index (χ2n) is 6.44. The molecule has 4 rings (SSSR count). The standard InChI is InChI=1S/C17H21N5OS/c1-4-12-9(2)10(3)17(23-12)22-7-11(16-19-5-6-24-16)13-14(18)20-8-21-15(13)22/h5-10,12,17H,4H2,1-3H3,(H2,18,20,21). The predicted molar refractivity (Wildman–Crippen MR) is 95.6 cm³/mol. The Morgan fingerprint density at radius 2 is 2.08 bits per heavy atom. The number of ether oxygens (including phenoxy) is 1. The maximum atomic E-state index is 6.34. The van der Waals surface area contributed by atoms with E-state index < -0.39 is 0 Å². The molecule has 4 heterocycles. The molecular weight excluding hydrogens is 322 g/mol. The van der Waals surface area contributed by atoms with E-state index in [2.05, 4.69) is 46.5 Å². The lowest BCUT2D eigenvalue weighted by atomic mass is 9.91. The van der Waals surface area contributed by atoms with E-state index in [4.69, 9.17) is 10.5 Å². The first-order valence-electron chi connectivity index (χ1n) is 8.28. The van der Waals surface area contributed by atoms with Crippen molar-refractivity contribution in [1.82, 2.24) is 19.5 Å². The molecule has 1 aliphatic heterocycles. The van der Waals surface area contributed by atoms with E-state index in [-0.39, 0.29) is 12.3 Å². The van der Waals surface area contributed by atoms with E-state index in [1.54, 1.807) is 17.5 Å². The Kier molecular flexibility index (Phi) is 3.77. The smallest absolute Gasteiger partial charge is 0.148 e. The number of hydrogen-bond acceptors (Lipinski definition) is 6. The number of nitrogens with two attached hydrogens (primary N) is 1. The summed E-state index contributed by atoms with van der Waals surface area (Å²) < 4.78 is 8.46. The second-order valence-corrected chi connectivity index (χ2v) is 7.33. The van der Waals surface area contributed by atoms with Crippen LogP contribution in [0.2, 0.25) is 0 Å². The van der Waals surface area contributed by atoms with Gasteiger partial charge in [0.2, 0.25) is 0 Å². The molecule has 1 aliphatic rings. The van der Waals surface area contributed by atoms with Crippen LogP contribution in [0.5, 0.6) is 0 Å². The monoisotopic (exact) mass is 343 g/mol. The van der Waals surface area contributed by atoms with Gasteiger partial charge in [-0.3, -0.25) is 0 Å². The van der Waals surface area contributed by atoms with Crippen LogP contribution in [0, 0.1) is 11.8 Å². The fraction of sp³-hybridized carbons (Fsp3) is 0.471. The summed E-state index contributed by atoms with van der Waals surface area (Å²) in [6, 6.07) is 0. The minimum Gasteiger partial charge on any atom is -0.383 e. The van der Waals surface area contributed by atoms with Gasteiger partial charge in [0.25, 0.3) is 0 Å². The third-order valence-corrected chi connectivity index (χ3v) is 5.96. The van der Waals surface area contributed by atoms with Crippen LogP contribution in [-0.4, -0.2) is 25.6 Å². The molecule has 6 nitrogen and oxygen atoms in total. The molecule has 1 fully saturated rings. The summed E-state index contributed by atoms with van der Waals surface area (Å²) in [7, 11) is 0. The number of nitrogens with zero attached hydrogens (tertiary/aromatic N) is 4. The Balaban J connectivity index is 1.90. The molecule has 0 bridgehead atoms. The zero-order chi connectivity index (χ0) is 16.8. The number of fused-ring (bicyclic) bond motifs is 1. The van der Waals surface area contributed by atoms with Crippen LogP contribution in [-0.2, 0) is 4.74 Å². The Bertz CT molecular complexity index is 859. The van der Waals surface area contributed by atoms with Crippen molar-refractivity contribution in [2.24, 2.45) is 11.8 Å². The van der Waals surface area contributed by atoms with E-state index in [1.807, 2.05) is 5.38 Å². The Hall–Kier alpha value is -1.99. The van der Waals surface area contributed by atoms with Crippen molar-refractivity contribution in [3.05, 3.63) is 24.1 Å². The molecule has 0 radical (unpaired) electrons. The molecule has 1 saturated heterocycles. The molecule has 0 aromatic carbocycles. The highest BCUT2D eigenvalue weighted by Crippen LogP contribution is 2.43. The number of nitrogen functional groups attached to an aromatic ring is 1. The first-order valence-corrected chi connectivity index (χ1v) is 9.16. The zero-order valence-corrected chi connectivity index (χ0v) is 14.8. The molecule has 0 spiro atoms. The summed E-state index contributed by atoms with van der Waals surface area (Å²) in [6.45, 7) is 6.67. The first kappa shape index (κ1) is 15.5. The minimum absolute atomic E-state index is 0.0459. The molecule has 0 amide bonds. The van der Waals surface area contributed by atoms with Crippen molar-refractivity contribution in [3.8, 4) is 10.6 Å². The van der Waals surface area contributed by atoms with Crippen molar-refractivity contribution in [1.29, 1.82) is 0 Å². The van der Waals surface area contributed by atoms with E-state index >= 15 is 0 Å². The average molecular weight is 343 g/mol. The van der Waals surface area contributed by atoms with Gasteiger partial charge in [-0.15, -0.1) is 11.3 Å². The highest BCUT2D eigenvalue weighted by Gasteiger charge is 2.40. The van der Waals surface area contributed by atoms with Crippen LogP contribution in [0.1, 0.15) is 33.4 Å². The number of thiazole rings is 1. The number of anilines is 1. The fourth-order valence-corrected chi connectivity index (χ4v) is 4.29. The van der Waals surface area contributed by atoms with Gasteiger partial charge in [0.1, 0.15) is 29.0 Å². The van der Waals surface area contributed by atoms with Gasteiger partial charge in [0.15, 0.2) is 0 Å². The summed E-state index contributed by atoms with van der Waals surface area (Å²) in [5.41, 5.74) is 7.95. The summed E-state index contributed by atoms with van der Waals surface area (Å²) in [4.78, 5) is 13.1. The quantitative estimate of drug-likeness (QED) is 0.784. The highest BCUT2D eigenvalue weighted by atomic mass is 32.1. The lowest BCUT2D eigenvalue weighted by molar-refractivity contribution is -0.0116. The van der Waals surface area contributed by atoms with Gasteiger partial charge in [-0.1, -0.05) is 20.8 Å². The molecule has 4 atom stereocenters. The molecule has 7 heteroatoms. The average Bonchev–Trinajstić information content (AvgIpc) is 3.28. The molecule has 126 valence electrons. The Morgan fingerprint density at radius 3 is 2.75 bits per heavy atom. The Labute approximate surface area is 144 Å². The van der Waals surface area contributed by atoms with Crippen molar-refractivity contribution < 1.29 is 4.74 Å². The van der Waals surface area contributed by atoms with Gasteiger partial charge in [0, 0.05) is 29.3 Å². The topological polar surface area (TPSA) is 78.9 Å². The lowest BCUT2D eigenvalue weighted by Gasteiger charge is -2.18. The lowest BCUT2D eigenvalue weighted by Crippen LogP contribution is -2.15. The maximum Gasteiger partial charge on any atom is 0.148 e. The number of hydrogen-bond donors (Lipinski definition) is 1. The normalized spacial score (nSPS) is 27.1. The maximum absolute atomic E-state index is 6.34. The van der Waals surface area contributed by atoms with Gasteiger partial charge >= 0.3 is 0 Å². The highest BCUT2D eigenvalue weighted by molar-refractivity contribution is 7.13. The van der Waals surface area contributed by atoms with Crippen molar-refractivity contribution in [2.75, 3.05) is 5.73 Å². The van der Waals surface area contributed by atoms with Crippen LogP contribution in [0.4, 0.5) is 5.82 Å². The van der Waals surface area contributed by atoms with Crippen LogP contribution >= 0.6 is 11.3 Å². The molecule has 0 saturated carbocycles. The van der Waals surface area contributed by atoms with E-state index in [0.29, 0.717) is 17.7 Å².